The van der Waals surface area contributed by atoms with Crippen LogP contribution in [0.25, 0.3) is 0 Å². The number of benzene rings is 1. The van der Waals surface area contributed by atoms with Gasteiger partial charge in [-0.2, -0.15) is 17.5 Å². The maximum atomic E-state index is 14.0. The van der Waals surface area contributed by atoms with E-state index in [1.54, 1.807) is 4.90 Å². The molecule has 10 nitrogen and oxygen atoms in total. The van der Waals surface area contributed by atoms with Crippen molar-refractivity contribution < 1.29 is 45.8 Å². The molecule has 2 saturated heterocycles. The third kappa shape index (κ3) is 3.88. The Morgan fingerprint density at radius 2 is 1.70 bits per heavy atom. The maximum Gasteiger partial charge on any atom is 0.471 e. The summed E-state index contributed by atoms with van der Waals surface area (Å²) in [6.45, 7) is 1.14. The highest BCUT2D eigenvalue weighted by molar-refractivity contribution is 7.91. The van der Waals surface area contributed by atoms with Crippen molar-refractivity contribution in [1.82, 2.24) is 9.79 Å². The second-order valence-corrected chi connectivity index (χ2v) is 10.5. The molecule has 1 amide bonds. The fourth-order valence-corrected chi connectivity index (χ4v) is 6.29. The largest absolute Gasteiger partial charge is 0.471 e. The average Bonchev–Trinajstić information content (AvgIpc) is 2.79. The Labute approximate surface area is 188 Å². The van der Waals surface area contributed by atoms with Crippen LogP contribution >= 0.6 is 0 Å². The summed E-state index contributed by atoms with van der Waals surface area (Å²) in [6, 6.07) is 4.12. The minimum absolute atomic E-state index is 0.0246. The van der Waals surface area contributed by atoms with E-state index in [1.807, 2.05) is 0 Å². The Kier molecular flexibility index (Phi) is 5.91. The molecule has 0 saturated carbocycles. The molecular weight excluding hydrogens is 471 g/mol. The molecule has 2 N–H and O–H groups in total. The van der Waals surface area contributed by atoms with E-state index < -0.39 is 32.6 Å². The van der Waals surface area contributed by atoms with Gasteiger partial charge in [-0.15, -0.1) is 0 Å². The van der Waals surface area contributed by atoms with Crippen molar-refractivity contribution >= 4 is 21.6 Å². The number of halogens is 3. The Hall–Kier alpha value is -2.29. The average molecular weight is 495 g/mol. The van der Waals surface area contributed by atoms with Crippen LogP contribution in [0.5, 0.6) is 11.5 Å². The number of rotatable bonds is 4. The molecule has 33 heavy (non-hydrogen) atoms. The third-order valence-electron chi connectivity index (χ3n) is 6.24. The molecule has 0 spiro atoms. The minimum Gasteiger partial charge on any atom is -0.446 e. The zero-order chi connectivity index (χ0) is 24.1. The number of nitrogens with zero attached hydrogens (tertiary/aromatic N) is 2. The van der Waals surface area contributed by atoms with E-state index in [4.69, 9.17) is 14.7 Å². The number of sulfonamides is 1. The number of amides is 1. The zero-order valence-corrected chi connectivity index (χ0v) is 18.5. The van der Waals surface area contributed by atoms with Crippen molar-refractivity contribution in [3.8, 4) is 11.5 Å². The van der Waals surface area contributed by atoms with Crippen molar-refractivity contribution in [2.75, 3.05) is 44.3 Å². The van der Waals surface area contributed by atoms with E-state index in [0.717, 1.165) is 0 Å². The van der Waals surface area contributed by atoms with Crippen molar-refractivity contribution in [3.05, 3.63) is 18.2 Å². The van der Waals surface area contributed by atoms with E-state index in [2.05, 4.69) is 4.74 Å². The van der Waals surface area contributed by atoms with Crippen molar-refractivity contribution in [2.24, 2.45) is 0 Å². The molecule has 4 rings (SSSR count). The number of anilines is 1. The topological polar surface area (TPSA) is 118 Å². The number of piperazine rings is 1. The highest BCUT2D eigenvalue weighted by Gasteiger charge is 2.60. The Morgan fingerprint density at radius 1 is 1.06 bits per heavy atom. The number of hydrogen-bond donors (Lipinski definition) is 2. The molecule has 0 radical (unpaired) electrons. The summed E-state index contributed by atoms with van der Waals surface area (Å²) < 4.78 is 82.2. The van der Waals surface area contributed by atoms with Gasteiger partial charge in [0, 0.05) is 70.9 Å². The van der Waals surface area contributed by atoms with E-state index in [1.165, 1.54) is 28.0 Å². The third-order valence-corrected chi connectivity index (χ3v) is 8.87. The number of hydroxylamine groups is 1. The highest BCUT2D eigenvalue weighted by atomic mass is 32.2. The lowest BCUT2D eigenvalue weighted by atomic mass is 9.98. The molecular formula is C19H24F3N3O7S. The summed E-state index contributed by atoms with van der Waals surface area (Å²) in [7, 11) is -4.14. The normalized spacial score (nSPS) is 27.1. The molecule has 2 fully saturated rings. The number of alkyl halides is 3. The van der Waals surface area contributed by atoms with E-state index >= 15 is 0 Å². The zero-order valence-electron chi connectivity index (χ0n) is 17.7. The molecule has 0 aliphatic carbocycles. The van der Waals surface area contributed by atoms with Crippen LogP contribution < -0.4 is 19.9 Å². The van der Waals surface area contributed by atoms with Crippen LogP contribution in [0.2, 0.25) is 0 Å². The first-order valence-electron chi connectivity index (χ1n) is 10.3. The fourth-order valence-electron chi connectivity index (χ4n) is 4.19. The van der Waals surface area contributed by atoms with E-state index in [0.29, 0.717) is 12.6 Å². The van der Waals surface area contributed by atoms with Crippen LogP contribution in [0.1, 0.15) is 19.8 Å². The lowest BCUT2D eigenvalue weighted by molar-refractivity contribution is -0.332. The monoisotopic (exact) mass is 495 g/mol. The lowest BCUT2D eigenvalue weighted by Gasteiger charge is -2.42. The van der Waals surface area contributed by atoms with Crippen LogP contribution in [-0.2, 0) is 19.6 Å². The number of fused-ring (bicyclic) bond motifs is 1. The predicted molar refractivity (Wildman–Crippen MR) is 108 cm³/mol. The molecule has 0 aromatic heterocycles. The van der Waals surface area contributed by atoms with Crippen LogP contribution in [0, 0.1) is 0 Å². The first-order valence-corrected chi connectivity index (χ1v) is 11.7. The van der Waals surface area contributed by atoms with Crippen LogP contribution in [-0.4, -0.2) is 79.9 Å². The predicted octanol–water partition coefficient (Wildman–Crippen LogP) is 1.24. The molecule has 184 valence electrons. The summed E-state index contributed by atoms with van der Waals surface area (Å²) in [5.41, 5.74) is 1.93. The Bertz CT molecular complexity index is 1020. The van der Waals surface area contributed by atoms with Gasteiger partial charge in [-0.05, 0) is 12.1 Å². The van der Waals surface area contributed by atoms with E-state index in [-0.39, 0.29) is 63.7 Å². The second kappa shape index (κ2) is 8.18. The van der Waals surface area contributed by atoms with Gasteiger partial charge in [0.25, 0.3) is 5.91 Å². The molecule has 0 bridgehead atoms. The smallest absolute Gasteiger partial charge is 0.446 e. The van der Waals surface area contributed by atoms with Gasteiger partial charge in [0.15, 0.2) is 16.2 Å². The van der Waals surface area contributed by atoms with Gasteiger partial charge in [-0.25, -0.2) is 13.9 Å². The SMILES string of the molecule is CC1(F)Oc2ccc(N3CCN(S(=O)(=O)C4(C(=O)NO)CCOCC4)CC3)cc2OC1(F)F. The molecule has 3 aliphatic heterocycles. The minimum atomic E-state index is -4.18. The highest BCUT2D eigenvalue weighted by Crippen LogP contribution is 2.47. The molecule has 1 aromatic rings. The standard InChI is InChI=1S/C19H24F3N3O7S/c1-17(20)19(21,22)32-15-12-13(2-3-14(15)31-17)24-6-8-25(9-7-24)33(28,29)18(16(26)23-27)4-10-30-11-5-18/h2-3,12,27H,4-11H2,1H3,(H,23,26). The quantitative estimate of drug-likeness (QED) is 0.474. The first kappa shape index (κ1) is 23.9. The number of carbonyl (C=O) groups excluding carboxylic acids is 1. The Balaban J connectivity index is 1.50. The molecule has 1 unspecified atom stereocenters. The molecule has 1 aromatic carbocycles. The van der Waals surface area contributed by atoms with Crippen molar-refractivity contribution in [3.63, 3.8) is 0 Å². The Morgan fingerprint density at radius 3 is 2.30 bits per heavy atom. The summed E-state index contributed by atoms with van der Waals surface area (Å²) in [6.07, 6.45) is -4.37. The lowest BCUT2D eigenvalue weighted by Crippen LogP contribution is -2.62. The van der Waals surface area contributed by atoms with Gasteiger partial charge in [0.1, 0.15) is 0 Å². The molecule has 3 heterocycles. The summed E-state index contributed by atoms with van der Waals surface area (Å²) >= 11 is 0. The second-order valence-electron chi connectivity index (χ2n) is 8.21. The number of carbonyl (C=O) groups is 1. The molecule has 1 atom stereocenters. The summed E-state index contributed by atoms with van der Waals surface area (Å²) in [5.74, 6) is -4.82. The first-order chi connectivity index (χ1) is 15.4. The number of nitrogens with one attached hydrogen (secondary N) is 1. The van der Waals surface area contributed by atoms with Crippen LogP contribution in [0.3, 0.4) is 0 Å². The van der Waals surface area contributed by atoms with Gasteiger partial charge in [-0.1, -0.05) is 0 Å². The fraction of sp³-hybridized carbons (Fsp3) is 0.632. The molecule has 14 heteroatoms. The molecule has 3 aliphatic rings. The van der Waals surface area contributed by atoms with Gasteiger partial charge in [-0.3, -0.25) is 10.0 Å². The summed E-state index contributed by atoms with van der Waals surface area (Å²) in [5, 5.41) is 9.14. The maximum absolute atomic E-state index is 14.0. The summed E-state index contributed by atoms with van der Waals surface area (Å²) in [4.78, 5) is 14.1. The number of ether oxygens (including phenoxy) is 3. The van der Waals surface area contributed by atoms with Crippen LogP contribution in [0.4, 0.5) is 18.9 Å². The van der Waals surface area contributed by atoms with Crippen molar-refractivity contribution in [1.29, 1.82) is 0 Å². The number of hydrogen-bond acceptors (Lipinski definition) is 8. The van der Waals surface area contributed by atoms with Gasteiger partial charge < -0.3 is 19.1 Å². The van der Waals surface area contributed by atoms with Crippen molar-refractivity contribution in [2.45, 2.75) is 36.5 Å². The van der Waals surface area contributed by atoms with Gasteiger partial charge in [0.05, 0.1) is 0 Å². The van der Waals surface area contributed by atoms with Gasteiger partial charge >= 0.3 is 12.0 Å². The van der Waals surface area contributed by atoms with E-state index in [9.17, 15) is 26.4 Å². The van der Waals surface area contributed by atoms with Crippen LogP contribution in [0.15, 0.2) is 18.2 Å². The van der Waals surface area contributed by atoms with Gasteiger partial charge in [0.2, 0.25) is 10.0 Å².